The van der Waals surface area contributed by atoms with Crippen LogP contribution < -0.4 is 20.9 Å². The third-order valence-corrected chi connectivity index (χ3v) is 3.71. The number of nitrogens with zero attached hydrogens (tertiary/aromatic N) is 1. The van der Waals surface area contributed by atoms with Gasteiger partial charge in [0.05, 0.1) is 11.2 Å². The predicted octanol–water partition coefficient (Wildman–Crippen LogP) is 2.47. The Labute approximate surface area is 144 Å². The average molecular weight is 348 g/mol. The molecule has 0 aliphatic carbocycles. The number of amides is 3. The minimum Gasteiger partial charge on any atom is -0.487 e. The molecule has 2 aromatic rings. The Morgan fingerprint density at radius 2 is 2.17 bits per heavy atom. The van der Waals surface area contributed by atoms with Gasteiger partial charge in [0.25, 0.3) is 5.91 Å². The second kappa shape index (κ2) is 9.51. The molecule has 0 fully saturated rings. The van der Waals surface area contributed by atoms with Gasteiger partial charge in [0.15, 0.2) is 0 Å². The molecular weight excluding hydrogens is 328 g/mol. The van der Waals surface area contributed by atoms with E-state index in [1.54, 1.807) is 29.8 Å². The molecule has 1 heterocycles. The van der Waals surface area contributed by atoms with Gasteiger partial charge < -0.3 is 10.1 Å². The Morgan fingerprint density at radius 3 is 2.92 bits per heavy atom. The van der Waals surface area contributed by atoms with Crippen molar-refractivity contribution >= 4 is 23.3 Å². The molecule has 0 aliphatic rings. The number of urea groups is 1. The summed E-state index contributed by atoms with van der Waals surface area (Å²) in [7, 11) is 0. The monoisotopic (exact) mass is 348 g/mol. The van der Waals surface area contributed by atoms with Gasteiger partial charge in [0, 0.05) is 17.5 Å². The van der Waals surface area contributed by atoms with Crippen LogP contribution in [0.25, 0.3) is 0 Å². The molecule has 0 unspecified atom stereocenters. The normalized spacial score (nSPS) is 10.0. The summed E-state index contributed by atoms with van der Waals surface area (Å²) in [4.78, 5) is 27.7. The lowest BCUT2D eigenvalue weighted by Crippen LogP contribution is -2.47. The van der Waals surface area contributed by atoms with Crippen molar-refractivity contribution in [3.8, 4) is 5.75 Å². The Bertz CT molecular complexity index is 661. The first kappa shape index (κ1) is 17.7. The fourth-order valence-electron chi connectivity index (χ4n) is 1.80. The highest BCUT2D eigenvalue weighted by atomic mass is 32.1. The van der Waals surface area contributed by atoms with Gasteiger partial charge in [-0.05, 0) is 24.6 Å². The van der Waals surface area contributed by atoms with Gasteiger partial charge in [-0.2, -0.15) is 0 Å². The van der Waals surface area contributed by atoms with E-state index in [0.717, 1.165) is 18.5 Å². The molecule has 2 rings (SSSR count). The minimum atomic E-state index is -0.437. The Morgan fingerprint density at radius 1 is 1.29 bits per heavy atom. The van der Waals surface area contributed by atoms with E-state index in [9.17, 15) is 9.59 Å². The van der Waals surface area contributed by atoms with Crippen molar-refractivity contribution in [2.75, 3.05) is 6.54 Å². The summed E-state index contributed by atoms with van der Waals surface area (Å²) in [6, 6.07) is 6.29. The molecule has 7 nitrogen and oxygen atoms in total. The summed E-state index contributed by atoms with van der Waals surface area (Å²) in [5.74, 6) is 0.141. The SMILES string of the molecule is CCCCNC(=O)NNC(=O)c1cccc(OCc2cscn2)c1. The van der Waals surface area contributed by atoms with Crippen LogP contribution in [-0.4, -0.2) is 23.5 Å². The number of hydrogen-bond acceptors (Lipinski definition) is 5. The number of rotatable bonds is 7. The molecular formula is C16H20N4O3S. The Hall–Kier alpha value is -2.61. The van der Waals surface area contributed by atoms with Crippen molar-refractivity contribution in [2.24, 2.45) is 0 Å². The highest BCUT2D eigenvalue weighted by Gasteiger charge is 2.08. The quantitative estimate of drug-likeness (QED) is 0.529. The maximum Gasteiger partial charge on any atom is 0.333 e. The number of hydrazine groups is 1. The lowest BCUT2D eigenvalue weighted by Gasteiger charge is -2.10. The average Bonchev–Trinajstić information content (AvgIpc) is 3.12. The molecule has 24 heavy (non-hydrogen) atoms. The molecule has 0 saturated carbocycles. The number of hydrogen-bond donors (Lipinski definition) is 3. The Balaban J connectivity index is 1.81. The second-order valence-corrected chi connectivity index (χ2v) is 5.70. The predicted molar refractivity (Wildman–Crippen MR) is 91.8 cm³/mol. The van der Waals surface area contributed by atoms with Crippen molar-refractivity contribution in [3.05, 3.63) is 46.4 Å². The summed E-state index contributed by atoms with van der Waals surface area (Å²) < 4.78 is 5.60. The molecule has 0 aliphatic heterocycles. The van der Waals surface area contributed by atoms with Crippen molar-refractivity contribution in [2.45, 2.75) is 26.4 Å². The van der Waals surface area contributed by atoms with Crippen molar-refractivity contribution in [1.82, 2.24) is 21.2 Å². The number of carbonyl (C=O) groups is 2. The molecule has 0 bridgehead atoms. The zero-order valence-corrected chi connectivity index (χ0v) is 14.2. The maximum absolute atomic E-state index is 12.0. The molecule has 0 radical (unpaired) electrons. The van der Waals surface area contributed by atoms with Gasteiger partial charge in [-0.15, -0.1) is 11.3 Å². The summed E-state index contributed by atoms with van der Waals surface area (Å²) in [6.45, 7) is 2.94. The van der Waals surface area contributed by atoms with Crippen molar-refractivity contribution in [1.29, 1.82) is 0 Å². The topological polar surface area (TPSA) is 92.4 Å². The number of aromatic nitrogens is 1. The molecule has 8 heteroatoms. The van der Waals surface area contributed by atoms with Gasteiger partial charge in [-0.25, -0.2) is 15.2 Å². The van der Waals surface area contributed by atoms with Crippen LogP contribution in [0.4, 0.5) is 4.79 Å². The number of carbonyl (C=O) groups excluding carboxylic acids is 2. The maximum atomic E-state index is 12.0. The van der Waals surface area contributed by atoms with Crippen LogP contribution in [0.15, 0.2) is 35.2 Å². The summed E-state index contributed by atoms with van der Waals surface area (Å²) >= 11 is 1.50. The Kier molecular flexibility index (Phi) is 7.03. The van der Waals surface area contributed by atoms with Crippen LogP contribution in [0, 0.1) is 0 Å². The van der Waals surface area contributed by atoms with Crippen LogP contribution in [0.2, 0.25) is 0 Å². The molecule has 1 aromatic heterocycles. The van der Waals surface area contributed by atoms with Crippen LogP contribution in [0.3, 0.4) is 0 Å². The number of ether oxygens (including phenoxy) is 1. The van der Waals surface area contributed by atoms with Crippen LogP contribution in [-0.2, 0) is 6.61 Å². The second-order valence-electron chi connectivity index (χ2n) is 4.98. The fourth-order valence-corrected chi connectivity index (χ4v) is 2.34. The minimum absolute atomic E-state index is 0.340. The van der Waals surface area contributed by atoms with E-state index in [0.29, 0.717) is 24.5 Å². The van der Waals surface area contributed by atoms with E-state index in [-0.39, 0.29) is 0 Å². The van der Waals surface area contributed by atoms with E-state index in [1.165, 1.54) is 11.3 Å². The van der Waals surface area contributed by atoms with E-state index < -0.39 is 11.9 Å². The third kappa shape index (κ3) is 5.88. The first-order valence-corrected chi connectivity index (χ1v) is 8.57. The third-order valence-electron chi connectivity index (χ3n) is 3.07. The van der Waals surface area contributed by atoms with Gasteiger partial charge in [0.2, 0.25) is 0 Å². The summed E-state index contributed by atoms with van der Waals surface area (Å²) in [5, 5.41) is 4.54. The lowest BCUT2D eigenvalue weighted by atomic mass is 10.2. The molecule has 1 aromatic carbocycles. The highest BCUT2D eigenvalue weighted by Crippen LogP contribution is 2.15. The number of benzene rings is 1. The number of thiazole rings is 1. The number of nitrogens with one attached hydrogen (secondary N) is 3. The van der Waals surface area contributed by atoms with Crippen LogP contribution in [0.1, 0.15) is 35.8 Å². The van der Waals surface area contributed by atoms with E-state index in [1.807, 2.05) is 12.3 Å². The zero-order valence-electron chi connectivity index (χ0n) is 13.4. The standard InChI is InChI=1S/C16H20N4O3S/c1-2-3-7-17-16(22)20-19-15(21)12-5-4-6-14(8-12)23-9-13-10-24-11-18-13/h4-6,8,10-11H,2-3,7,9H2,1H3,(H,19,21)(H2,17,20,22). The van der Waals surface area contributed by atoms with Crippen molar-refractivity contribution < 1.29 is 14.3 Å². The fraction of sp³-hybridized carbons (Fsp3) is 0.312. The van der Waals surface area contributed by atoms with E-state index in [2.05, 4.69) is 21.2 Å². The molecule has 0 spiro atoms. The summed E-state index contributed by atoms with van der Waals surface area (Å²) in [6.07, 6.45) is 1.88. The van der Waals surface area contributed by atoms with Gasteiger partial charge in [-0.1, -0.05) is 19.4 Å². The summed E-state index contributed by atoms with van der Waals surface area (Å²) in [5.41, 5.74) is 7.63. The number of unbranched alkanes of at least 4 members (excludes halogenated alkanes) is 1. The molecule has 0 atom stereocenters. The van der Waals surface area contributed by atoms with Crippen LogP contribution >= 0.6 is 11.3 Å². The van der Waals surface area contributed by atoms with Gasteiger partial charge in [0.1, 0.15) is 12.4 Å². The van der Waals surface area contributed by atoms with Gasteiger partial charge in [-0.3, -0.25) is 10.2 Å². The molecule has 128 valence electrons. The van der Waals surface area contributed by atoms with E-state index >= 15 is 0 Å². The smallest absolute Gasteiger partial charge is 0.333 e. The highest BCUT2D eigenvalue weighted by molar-refractivity contribution is 7.07. The lowest BCUT2D eigenvalue weighted by molar-refractivity contribution is 0.0935. The molecule has 0 saturated heterocycles. The van der Waals surface area contributed by atoms with Crippen LogP contribution in [0.5, 0.6) is 5.75 Å². The van der Waals surface area contributed by atoms with Gasteiger partial charge >= 0.3 is 6.03 Å². The molecule has 3 amide bonds. The zero-order chi connectivity index (χ0) is 17.2. The first-order valence-electron chi connectivity index (χ1n) is 7.63. The largest absolute Gasteiger partial charge is 0.487 e. The molecule has 3 N–H and O–H groups in total. The first-order chi connectivity index (χ1) is 11.7. The van der Waals surface area contributed by atoms with E-state index in [4.69, 9.17) is 4.74 Å². The van der Waals surface area contributed by atoms with Crippen molar-refractivity contribution in [3.63, 3.8) is 0 Å².